The minimum atomic E-state index is -1.71. The maximum absolute atomic E-state index is 14.1. The number of fused-ring (bicyclic) bond motifs is 1. The summed E-state index contributed by atoms with van der Waals surface area (Å²) in [5, 5.41) is 22.0. The van der Waals surface area contributed by atoms with Crippen molar-refractivity contribution in [1.29, 1.82) is 0 Å². The van der Waals surface area contributed by atoms with Crippen molar-refractivity contribution in [3.8, 4) is 11.5 Å². The Morgan fingerprint density at radius 1 is 1.08 bits per heavy atom. The first-order valence-electron chi connectivity index (χ1n) is 7.78. The van der Waals surface area contributed by atoms with Gasteiger partial charge in [-0.1, -0.05) is 12.1 Å². The highest BCUT2D eigenvalue weighted by Gasteiger charge is 2.14. The number of aromatic nitrogens is 2. The molecule has 0 radical (unpaired) electrons. The van der Waals surface area contributed by atoms with E-state index in [1.807, 2.05) is 0 Å². The minimum Gasteiger partial charge on any atom is -0.493 e. The molecule has 0 amide bonds. The van der Waals surface area contributed by atoms with E-state index < -0.39 is 12.9 Å². The van der Waals surface area contributed by atoms with Crippen molar-refractivity contribution in [2.45, 2.75) is 6.54 Å². The third-order valence-electron chi connectivity index (χ3n) is 3.96. The van der Waals surface area contributed by atoms with Crippen molar-refractivity contribution < 1.29 is 23.9 Å². The fraction of sp³-hybridized carbons (Fsp3) is 0.176. The standard InChI is InChI=1S/C17H17BFN3O4/c1-25-15-6-12-14(7-16(15)26-2)21-9-22-17(12)20-8-10-3-4-11(18(23)24)5-13(10)19/h3-7,9,23-24H,8H2,1-2H3,(H,20,21,22). The Kier molecular flexibility index (Phi) is 5.20. The quantitative estimate of drug-likeness (QED) is 0.568. The SMILES string of the molecule is COc1cc2ncnc(NCc3ccc(B(O)O)cc3F)c2cc1OC. The Labute approximate surface area is 149 Å². The first-order valence-corrected chi connectivity index (χ1v) is 7.78. The monoisotopic (exact) mass is 357 g/mol. The number of nitrogens with zero attached hydrogens (tertiary/aromatic N) is 2. The second-order valence-corrected chi connectivity index (χ2v) is 5.52. The maximum atomic E-state index is 14.1. The van der Waals surface area contributed by atoms with E-state index in [-0.39, 0.29) is 12.0 Å². The number of anilines is 1. The van der Waals surface area contributed by atoms with E-state index in [0.29, 0.717) is 33.8 Å². The molecule has 1 aromatic heterocycles. The van der Waals surface area contributed by atoms with Crippen molar-refractivity contribution in [3.05, 3.63) is 48.0 Å². The first kappa shape index (κ1) is 17.9. The molecule has 0 spiro atoms. The lowest BCUT2D eigenvalue weighted by Gasteiger charge is -2.12. The Morgan fingerprint density at radius 2 is 1.81 bits per heavy atom. The summed E-state index contributed by atoms with van der Waals surface area (Å²) in [6, 6.07) is 7.52. The van der Waals surface area contributed by atoms with Crippen LogP contribution in [0.2, 0.25) is 0 Å². The Bertz CT molecular complexity index is 939. The van der Waals surface area contributed by atoms with Crippen molar-refractivity contribution in [1.82, 2.24) is 9.97 Å². The second-order valence-electron chi connectivity index (χ2n) is 5.52. The van der Waals surface area contributed by atoms with Crippen LogP contribution in [0.3, 0.4) is 0 Å². The van der Waals surface area contributed by atoms with Gasteiger partial charge in [-0.05, 0) is 17.6 Å². The number of ether oxygens (including phenoxy) is 2. The molecule has 0 aliphatic rings. The van der Waals surface area contributed by atoms with Crippen LogP contribution in [0.1, 0.15) is 5.56 Å². The van der Waals surface area contributed by atoms with Gasteiger partial charge >= 0.3 is 7.12 Å². The average Bonchev–Trinajstić information content (AvgIpc) is 2.65. The van der Waals surface area contributed by atoms with E-state index in [2.05, 4.69) is 15.3 Å². The summed E-state index contributed by atoms with van der Waals surface area (Å²) in [6.45, 7) is 0.161. The van der Waals surface area contributed by atoms with Crippen LogP contribution in [0.4, 0.5) is 10.2 Å². The zero-order valence-electron chi connectivity index (χ0n) is 14.2. The lowest BCUT2D eigenvalue weighted by Crippen LogP contribution is -2.30. The highest BCUT2D eigenvalue weighted by Crippen LogP contribution is 2.33. The number of hydrogen-bond acceptors (Lipinski definition) is 7. The zero-order valence-corrected chi connectivity index (χ0v) is 14.2. The number of rotatable bonds is 6. The van der Waals surface area contributed by atoms with Crippen LogP contribution in [0, 0.1) is 5.82 Å². The van der Waals surface area contributed by atoms with Gasteiger partial charge in [0.05, 0.1) is 19.7 Å². The molecule has 3 rings (SSSR count). The molecule has 9 heteroatoms. The van der Waals surface area contributed by atoms with Gasteiger partial charge in [0.15, 0.2) is 11.5 Å². The first-order chi connectivity index (χ1) is 12.5. The van der Waals surface area contributed by atoms with Gasteiger partial charge in [-0.15, -0.1) is 0 Å². The molecule has 26 heavy (non-hydrogen) atoms. The molecule has 0 aliphatic carbocycles. The maximum Gasteiger partial charge on any atom is 0.488 e. The Hall–Kier alpha value is -2.91. The number of nitrogens with one attached hydrogen (secondary N) is 1. The van der Waals surface area contributed by atoms with Crippen molar-refractivity contribution in [3.63, 3.8) is 0 Å². The van der Waals surface area contributed by atoms with Gasteiger partial charge in [-0.2, -0.15) is 0 Å². The van der Waals surface area contributed by atoms with Gasteiger partial charge < -0.3 is 24.8 Å². The lowest BCUT2D eigenvalue weighted by atomic mass is 9.80. The molecule has 1 heterocycles. The van der Waals surface area contributed by atoms with Gasteiger partial charge in [-0.3, -0.25) is 0 Å². The molecule has 0 aliphatic heterocycles. The summed E-state index contributed by atoms with van der Waals surface area (Å²) >= 11 is 0. The van der Waals surface area contributed by atoms with E-state index in [4.69, 9.17) is 19.5 Å². The van der Waals surface area contributed by atoms with Crippen molar-refractivity contribution in [2.75, 3.05) is 19.5 Å². The van der Waals surface area contributed by atoms with Gasteiger partial charge in [0.2, 0.25) is 0 Å². The fourth-order valence-electron chi connectivity index (χ4n) is 2.57. The fourth-order valence-corrected chi connectivity index (χ4v) is 2.57. The summed E-state index contributed by atoms with van der Waals surface area (Å²) in [6.07, 6.45) is 1.40. The van der Waals surface area contributed by atoms with E-state index >= 15 is 0 Å². The van der Waals surface area contributed by atoms with Gasteiger partial charge in [0, 0.05) is 23.6 Å². The van der Waals surface area contributed by atoms with E-state index in [1.54, 1.807) is 19.2 Å². The molecule has 0 bridgehead atoms. The molecule has 0 saturated heterocycles. The van der Waals surface area contributed by atoms with Crippen LogP contribution in [0.5, 0.6) is 11.5 Å². The largest absolute Gasteiger partial charge is 0.493 e. The molecule has 0 saturated carbocycles. The molecule has 0 fully saturated rings. The normalized spacial score (nSPS) is 10.7. The molecule has 2 aromatic carbocycles. The number of halogens is 1. The smallest absolute Gasteiger partial charge is 0.488 e. The highest BCUT2D eigenvalue weighted by molar-refractivity contribution is 6.58. The Balaban J connectivity index is 1.89. The molecular weight excluding hydrogens is 340 g/mol. The third kappa shape index (κ3) is 3.53. The third-order valence-corrected chi connectivity index (χ3v) is 3.96. The van der Waals surface area contributed by atoms with Crippen LogP contribution >= 0.6 is 0 Å². The summed E-state index contributed by atoms with van der Waals surface area (Å²) < 4.78 is 24.7. The molecule has 0 unspecified atom stereocenters. The summed E-state index contributed by atoms with van der Waals surface area (Å²) in [4.78, 5) is 8.42. The lowest BCUT2D eigenvalue weighted by molar-refractivity contribution is 0.356. The number of methoxy groups -OCH3 is 2. The van der Waals surface area contributed by atoms with Crippen LogP contribution in [0.15, 0.2) is 36.7 Å². The molecule has 134 valence electrons. The van der Waals surface area contributed by atoms with Crippen LogP contribution in [-0.2, 0) is 6.54 Å². The predicted octanol–water partition coefficient (Wildman–Crippen LogP) is 1.08. The molecule has 3 N–H and O–H groups in total. The van der Waals surface area contributed by atoms with Crippen LogP contribution in [-0.4, -0.2) is 41.4 Å². The van der Waals surface area contributed by atoms with Gasteiger partial charge in [0.25, 0.3) is 0 Å². The summed E-state index contributed by atoms with van der Waals surface area (Å²) in [5.41, 5.74) is 1.11. The van der Waals surface area contributed by atoms with Crippen LogP contribution < -0.4 is 20.3 Å². The van der Waals surface area contributed by atoms with E-state index in [1.165, 1.54) is 25.6 Å². The van der Waals surface area contributed by atoms with E-state index in [9.17, 15) is 4.39 Å². The minimum absolute atomic E-state index is 0.0931. The molecule has 3 aromatic rings. The van der Waals surface area contributed by atoms with Gasteiger partial charge in [0.1, 0.15) is 18.0 Å². The predicted molar refractivity (Wildman–Crippen MR) is 96.2 cm³/mol. The number of benzene rings is 2. The summed E-state index contributed by atoms with van der Waals surface area (Å²) in [7, 11) is 1.37. The van der Waals surface area contributed by atoms with Crippen molar-refractivity contribution >= 4 is 29.3 Å². The average molecular weight is 357 g/mol. The highest BCUT2D eigenvalue weighted by atomic mass is 19.1. The Morgan fingerprint density at radius 3 is 2.46 bits per heavy atom. The molecule has 0 atom stereocenters. The van der Waals surface area contributed by atoms with Crippen molar-refractivity contribution in [2.24, 2.45) is 0 Å². The van der Waals surface area contributed by atoms with Crippen LogP contribution in [0.25, 0.3) is 10.9 Å². The molecule has 7 nitrogen and oxygen atoms in total. The molecular formula is C17H17BFN3O4. The second kappa shape index (κ2) is 7.55. The number of hydrogen-bond donors (Lipinski definition) is 3. The van der Waals surface area contributed by atoms with Gasteiger partial charge in [-0.25, -0.2) is 14.4 Å². The summed E-state index contributed by atoms with van der Waals surface area (Å²) in [5.74, 6) is 1.06. The zero-order chi connectivity index (χ0) is 18.7. The van der Waals surface area contributed by atoms with E-state index in [0.717, 1.165) is 6.07 Å². The topological polar surface area (TPSA) is 96.7 Å².